The molecule has 0 unspecified atom stereocenters. The van der Waals surface area contributed by atoms with E-state index in [1.54, 1.807) is 6.07 Å². The topological polar surface area (TPSA) is 96.9 Å². The Morgan fingerprint density at radius 3 is 2.15 bits per heavy atom. The number of hydrogen-bond donors (Lipinski definition) is 1. The Kier molecular flexibility index (Phi) is 6.66. The lowest BCUT2D eigenvalue weighted by atomic mass is 10.2. The van der Waals surface area contributed by atoms with Crippen LogP contribution >= 0.6 is 0 Å². The molecule has 174 valence electrons. The Morgan fingerprint density at radius 2 is 1.55 bits per heavy atom. The van der Waals surface area contributed by atoms with Crippen molar-refractivity contribution < 1.29 is 17.9 Å². The maximum atomic E-state index is 13.1. The van der Waals surface area contributed by atoms with Crippen molar-refractivity contribution in [2.45, 2.75) is 11.8 Å². The zero-order chi connectivity index (χ0) is 23.4. The molecular formula is C23H27N5O4S. The largest absolute Gasteiger partial charge is 0.493 e. The van der Waals surface area contributed by atoms with Crippen molar-refractivity contribution in [3.8, 4) is 11.5 Å². The Bertz CT molecular complexity index is 1190. The van der Waals surface area contributed by atoms with Crippen molar-refractivity contribution in [3.63, 3.8) is 0 Å². The van der Waals surface area contributed by atoms with Gasteiger partial charge in [0.25, 0.3) is 0 Å². The summed E-state index contributed by atoms with van der Waals surface area (Å²) < 4.78 is 38.2. The van der Waals surface area contributed by atoms with Crippen molar-refractivity contribution in [2.24, 2.45) is 0 Å². The number of methoxy groups -OCH3 is 2. The average molecular weight is 470 g/mol. The molecule has 10 heteroatoms. The van der Waals surface area contributed by atoms with Crippen LogP contribution in [0, 0.1) is 6.92 Å². The summed E-state index contributed by atoms with van der Waals surface area (Å²) in [5.41, 5.74) is 2.13. The Balaban J connectivity index is 1.39. The van der Waals surface area contributed by atoms with Crippen LogP contribution in [0.2, 0.25) is 0 Å². The first-order valence-electron chi connectivity index (χ1n) is 10.6. The van der Waals surface area contributed by atoms with Gasteiger partial charge in [0, 0.05) is 37.9 Å². The van der Waals surface area contributed by atoms with E-state index >= 15 is 0 Å². The molecule has 0 spiro atoms. The zero-order valence-corrected chi connectivity index (χ0v) is 19.7. The highest BCUT2D eigenvalue weighted by atomic mass is 32.2. The first-order chi connectivity index (χ1) is 15.9. The fourth-order valence-corrected chi connectivity index (χ4v) is 5.07. The number of ether oxygens (including phenoxy) is 2. The molecule has 1 aliphatic heterocycles. The number of nitrogens with one attached hydrogen (secondary N) is 1. The highest BCUT2D eigenvalue weighted by molar-refractivity contribution is 7.89. The van der Waals surface area contributed by atoms with E-state index in [1.165, 1.54) is 36.2 Å². The molecule has 0 bridgehead atoms. The summed E-state index contributed by atoms with van der Waals surface area (Å²) in [6.45, 7) is 3.78. The minimum absolute atomic E-state index is 0.180. The van der Waals surface area contributed by atoms with E-state index < -0.39 is 10.0 Å². The molecule has 0 saturated carbocycles. The third-order valence-electron chi connectivity index (χ3n) is 5.53. The van der Waals surface area contributed by atoms with Crippen LogP contribution in [0.3, 0.4) is 0 Å². The lowest BCUT2D eigenvalue weighted by Crippen LogP contribution is -2.49. The molecule has 1 saturated heterocycles. The van der Waals surface area contributed by atoms with Gasteiger partial charge in [-0.3, -0.25) is 0 Å². The summed E-state index contributed by atoms with van der Waals surface area (Å²) in [7, 11) is -0.650. The number of piperazine rings is 1. The van der Waals surface area contributed by atoms with Crippen molar-refractivity contribution in [2.75, 3.05) is 50.6 Å². The maximum Gasteiger partial charge on any atom is 0.243 e. The highest BCUT2D eigenvalue weighted by Crippen LogP contribution is 2.31. The number of aromatic nitrogens is 2. The van der Waals surface area contributed by atoms with E-state index in [0.29, 0.717) is 49.3 Å². The molecule has 0 atom stereocenters. The fraction of sp³-hybridized carbons (Fsp3) is 0.304. The van der Waals surface area contributed by atoms with Crippen LogP contribution in [0.25, 0.3) is 0 Å². The number of anilines is 3. The summed E-state index contributed by atoms with van der Waals surface area (Å²) in [6.07, 6.45) is 0. The van der Waals surface area contributed by atoms with Gasteiger partial charge in [0.15, 0.2) is 23.1 Å². The van der Waals surface area contributed by atoms with Gasteiger partial charge in [-0.2, -0.15) is 4.31 Å². The molecule has 1 fully saturated rings. The van der Waals surface area contributed by atoms with Crippen molar-refractivity contribution in [3.05, 3.63) is 60.2 Å². The smallest absolute Gasteiger partial charge is 0.243 e. The second-order valence-corrected chi connectivity index (χ2v) is 9.61. The van der Waals surface area contributed by atoms with Gasteiger partial charge in [0.2, 0.25) is 10.0 Å². The quantitative estimate of drug-likeness (QED) is 0.564. The summed E-state index contributed by atoms with van der Waals surface area (Å²) in [6, 6.07) is 16.4. The van der Waals surface area contributed by atoms with E-state index in [-0.39, 0.29) is 4.90 Å². The van der Waals surface area contributed by atoms with Crippen LogP contribution in [0.5, 0.6) is 11.5 Å². The van der Waals surface area contributed by atoms with Crippen LogP contribution in [0.15, 0.2) is 59.5 Å². The van der Waals surface area contributed by atoms with Crippen molar-refractivity contribution >= 4 is 27.3 Å². The first kappa shape index (κ1) is 22.8. The van der Waals surface area contributed by atoms with Crippen molar-refractivity contribution in [1.82, 2.24) is 14.5 Å². The second kappa shape index (κ2) is 9.63. The van der Waals surface area contributed by atoms with Crippen molar-refractivity contribution in [1.29, 1.82) is 0 Å². The molecule has 1 N–H and O–H groups in total. The lowest BCUT2D eigenvalue weighted by molar-refractivity contribution is 0.353. The number of benzene rings is 2. The van der Waals surface area contributed by atoms with Crippen LogP contribution in [-0.4, -0.2) is 63.3 Å². The molecule has 3 aromatic rings. The second-order valence-electron chi connectivity index (χ2n) is 7.68. The van der Waals surface area contributed by atoms with Gasteiger partial charge < -0.3 is 19.7 Å². The van der Waals surface area contributed by atoms with E-state index in [4.69, 9.17) is 9.47 Å². The third-order valence-corrected chi connectivity index (χ3v) is 7.42. The molecular weight excluding hydrogens is 442 g/mol. The molecule has 4 rings (SSSR count). The SMILES string of the molecule is COc1ccc(S(=O)(=O)N2CCN(c3ccc(Nc4ccc(C)cc4)nn3)CC2)cc1OC. The average Bonchev–Trinajstić information content (AvgIpc) is 2.85. The number of nitrogens with zero attached hydrogens (tertiary/aromatic N) is 4. The van der Waals surface area contributed by atoms with Gasteiger partial charge in [0.05, 0.1) is 19.1 Å². The third kappa shape index (κ3) is 5.01. The number of sulfonamides is 1. The van der Waals surface area contributed by atoms with Gasteiger partial charge in [-0.05, 0) is 43.3 Å². The van der Waals surface area contributed by atoms with Crippen LogP contribution in [-0.2, 0) is 10.0 Å². The highest BCUT2D eigenvalue weighted by Gasteiger charge is 2.29. The minimum atomic E-state index is -3.64. The number of hydrogen-bond acceptors (Lipinski definition) is 8. The van der Waals surface area contributed by atoms with Gasteiger partial charge in [0.1, 0.15) is 0 Å². The first-order valence-corrected chi connectivity index (χ1v) is 12.0. The van der Waals surface area contributed by atoms with E-state index in [9.17, 15) is 8.42 Å². The van der Waals surface area contributed by atoms with Crippen LogP contribution in [0.4, 0.5) is 17.3 Å². The normalized spacial score (nSPS) is 14.7. The Hall–Kier alpha value is -3.37. The molecule has 0 aliphatic carbocycles. The molecule has 2 heterocycles. The molecule has 0 amide bonds. The Morgan fingerprint density at radius 1 is 0.848 bits per heavy atom. The predicted octanol–water partition coefficient (Wildman–Crippen LogP) is 3.06. The standard InChI is InChI=1S/C23H27N5O4S/c1-17-4-6-18(7-5-17)24-22-10-11-23(26-25-22)27-12-14-28(15-13-27)33(29,30)19-8-9-20(31-2)21(16-19)32-3/h4-11,16H,12-15H2,1-3H3,(H,24,25). The lowest BCUT2D eigenvalue weighted by Gasteiger charge is -2.34. The fourth-order valence-electron chi connectivity index (χ4n) is 3.63. The molecule has 0 radical (unpaired) electrons. The molecule has 1 aromatic heterocycles. The predicted molar refractivity (Wildman–Crippen MR) is 127 cm³/mol. The molecule has 9 nitrogen and oxygen atoms in total. The molecule has 2 aromatic carbocycles. The summed E-state index contributed by atoms with van der Waals surface area (Å²) in [4.78, 5) is 2.21. The van der Waals surface area contributed by atoms with E-state index in [2.05, 4.69) is 15.5 Å². The molecule has 1 aliphatic rings. The van der Waals surface area contributed by atoms with Gasteiger partial charge in [-0.25, -0.2) is 8.42 Å². The van der Waals surface area contributed by atoms with E-state index in [1.807, 2.05) is 48.2 Å². The van der Waals surface area contributed by atoms with Crippen LogP contribution < -0.4 is 19.7 Å². The monoisotopic (exact) mass is 469 g/mol. The molecule has 33 heavy (non-hydrogen) atoms. The Labute approximate surface area is 194 Å². The van der Waals surface area contributed by atoms with Gasteiger partial charge in [-0.15, -0.1) is 10.2 Å². The maximum absolute atomic E-state index is 13.1. The summed E-state index contributed by atoms with van der Waals surface area (Å²) >= 11 is 0. The zero-order valence-electron chi connectivity index (χ0n) is 18.9. The summed E-state index contributed by atoms with van der Waals surface area (Å²) in [5.74, 6) is 2.23. The number of aryl methyl sites for hydroxylation is 1. The van der Waals surface area contributed by atoms with Gasteiger partial charge in [-0.1, -0.05) is 17.7 Å². The van der Waals surface area contributed by atoms with E-state index in [0.717, 1.165) is 5.69 Å². The van der Waals surface area contributed by atoms with Crippen LogP contribution in [0.1, 0.15) is 5.56 Å². The number of rotatable bonds is 7. The minimum Gasteiger partial charge on any atom is -0.493 e. The summed E-state index contributed by atoms with van der Waals surface area (Å²) in [5, 5.41) is 11.8. The van der Waals surface area contributed by atoms with Gasteiger partial charge >= 0.3 is 0 Å².